The Morgan fingerprint density at radius 1 is 0.812 bits per heavy atom. The number of benzene rings is 3. The van der Waals surface area contributed by atoms with Crippen molar-refractivity contribution in [2.24, 2.45) is 21.8 Å². The summed E-state index contributed by atoms with van der Waals surface area (Å²) >= 11 is 1.61. The number of aliphatic imine (C=N–C) groups is 2. The first kappa shape index (κ1) is 45.9. The van der Waals surface area contributed by atoms with Gasteiger partial charge in [-0.1, -0.05) is 58.0 Å². The minimum atomic E-state index is -0.748. The fourth-order valence-electron chi connectivity index (χ4n) is 10.7. The topological polar surface area (TPSA) is 156 Å². The van der Waals surface area contributed by atoms with Crippen molar-refractivity contribution in [3.63, 3.8) is 0 Å². The third-order valence-electron chi connectivity index (χ3n) is 14.2. The highest BCUT2D eigenvalue weighted by molar-refractivity contribution is 7.11. The number of rotatable bonds is 11. The maximum Gasteiger partial charge on any atom is 0.407 e. The average Bonchev–Trinajstić information content (AvgIpc) is 4.21. The van der Waals surface area contributed by atoms with Gasteiger partial charge in [0.05, 0.1) is 60.2 Å². The van der Waals surface area contributed by atoms with Crippen LogP contribution >= 0.6 is 11.3 Å². The van der Waals surface area contributed by atoms with Crippen molar-refractivity contribution in [1.29, 1.82) is 0 Å². The normalized spacial score (nSPS) is 20.6. The summed E-state index contributed by atoms with van der Waals surface area (Å²) in [7, 11) is 2.57. The molecule has 7 heterocycles. The van der Waals surface area contributed by atoms with Gasteiger partial charge in [0.1, 0.15) is 23.7 Å². The maximum atomic E-state index is 17.0. The van der Waals surface area contributed by atoms with Crippen molar-refractivity contribution in [2.45, 2.75) is 90.2 Å². The van der Waals surface area contributed by atoms with Gasteiger partial charge in [-0.3, -0.25) is 24.1 Å². The highest BCUT2D eigenvalue weighted by atomic mass is 32.1. The molecule has 14 nitrogen and oxygen atoms in total. The van der Waals surface area contributed by atoms with Crippen molar-refractivity contribution in [3.8, 4) is 17.0 Å². The van der Waals surface area contributed by atoms with Crippen LogP contribution in [-0.2, 0) is 19.1 Å². The maximum absolute atomic E-state index is 17.0. The lowest BCUT2D eigenvalue weighted by atomic mass is 9.96. The van der Waals surface area contributed by atoms with Crippen molar-refractivity contribution >= 4 is 79.6 Å². The van der Waals surface area contributed by atoms with Crippen LogP contribution in [0.3, 0.4) is 0 Å². The van der Waals surface area contributed by atoms with E-state index in [0.29, 0.717) is 48.6 Å². The second-order valence-electron chi connectivity index (χ2n) is 19.1. The number of ether oxygens (including phenoxy) is 3. The number of nitrogens with one attached hydrogen (secondary N) is 2. The van der Waals surface area contributed by atoms with Crippen LogP contribution in [0.2, 0.25) is 0 Å². The lowest BCUT2D eigenvalue weighted by Crippen LogP contribution is -2.53. The molecule has 5 atom stereocenters. The Balaban J connectivity index is 0.949. The first-order valence-corrected chi connectivity index (χ1v) is 24.6. The molecule has 358 valence electrons. The van der Waals surface area contributed by atoms with Crippen LogP contribution in [0.15, 0.2) is 88.3 Å². The number of methoxy groups -OCH3 is 2. The third-order valence-corrected chi connectivity index (χ3v) is 15.3. The Labute approximate surface area is 403 Å². The van der Waals surface area contributed by atoms with E-state index in [1.165, 1.54) is 14.2 Å². The number of nitrogens with zero attached hydrogens (tertiary/aromatic N) is 5. The molecule has 0 aliphatic carbocycles. The molecule has 10 rings (SSSR count). The molecule has 2 fully saturated rings. The molecule has 5 aliphatic rings. The second kappa shape index (κ2) is 18.6. The molecule has 5 aromatic rings. The number of carbonyl (C=O) groups is 4. The molecule has 1 unspecified atom stereocenters. The van der Waals surface area contributed by atoms with Crippen molar-refractivity contribution in [1.82, 2.24) is 25.0 Å². The van der Waals surface area contributed by atoms with Gasteiger partial charge in [0.2, 0.25) is 18.0 Å². The lowest BCUT2D eigenvalue weighted by molar-refractivity contribution is -0.134. The Bertz CT molecular complexity index is 3040. The predicted octanol–water partition coefficient (Wildman–Crippen LogP) is 9.37. The summed E-state index contributed by atoms with van der Waals surface area (Å²) in [5.41, 5.74) is 7.11. The zero-order valence-corrected chi connectivity index (χ0v) is 40.4. The molecule has 0 spiro atoms. The Kier molecular flexibility index (Phi) is 12.4. The fourth-order valence-corrected chi connectivity index (χ4v) is 11.7. The largest absolute Gasteiger partial charge is 0.464 e. The first-order valence-electron chi connectivity index (χ1n) is 23.8. The number of halogens is 1. The minimum absolute atomic E-state index is 0.132. The Morgan fingerprint density at radius 2 is 1.49 bits per heavy atom. The molecule has 0 saturated carbocycles. The molecule has 2 N–H and O–H groups in total. The molecule has 69 heavy (non-hydrogen) atoms. The number of hydrogen-bond donors (Lipinski definition) is 2. The third kappa shape index (κ3) is 8.35. The Hall–Kier alpha value is -6.81. The van der Waals surface area contributed by atoms with E-state index in [4.69, 9.17) is 24.2 Å². The van der Waals surface area contributed by atoms with Crippen LogP contribution in [0.4, 0.5) is 14.0 Å². The monoisotopic (exact) mass is 953 g/mol. The SMILES string of the molecule is COC(=O)N[C@H](C(=O)N1CCC[C@H]1C1=NCC(c2cc(F)c3c(c2)OC(c2scc4ccccc24)n2c-3cc3cc(C4=CN=C([C@@H]5CCCN5C(=O)[C@@H](NC(=O)OC)C(C)C)C4)ccc32)=C1)C(C)C. The lowest BCUT2D eigenvalue weighted by Gasteiger charge is -2.31. The number of likely N-dealkylation sites (tertiary alicyclic amines) is 2. The number of fused-ring (bicyclic) bond motifs is 6. The van der Waals surface area contributed by atoms with Crippen molar-refractivity contribution in [3.05, 3.63) is 100 Å². The zero-order chi connectivity index (χ0) is 48.2. The van der Waals surface area contributed by atoms with Gasteiger partial charge in [0.15, 0.2) is 0 Å². The van der Waals surface area contributed by atoms with E-state index in [1.54, 1.807) is 22.3 Å². The van der Waals surface area contributed by atoms with Crippen molar-refractivity contribution < 1.29 is 37.8 Å². The van der Waals surface area contributed by atoms with Gasteiger partial charge in [-0.05, 0) is 107 Å². The molecule has 0 bridgehead atoms. The van der Waals surface area contributed by atoms with E-state index in [2.05, 4.69) is 50.9 Å². The smallest absolute Gasteiger partial charge is 0.407 e. The second-order valence-corrected chi connectivity index (χ2v) is 20.0. The van der Waals surface area contributed by atoms with Gasteiger partial charge < -0.3 is 34.6 Å². The molecular formula is C53H56FN7O7S. The summed E-state index contributed by atoms with van der Waals surface area (Å²) < 4.78 is 35.8. The molecule has 0 radical (unpaired) electrons. The first-order chi connectivity index (χ1) is 33.3. The summed E-state index contributed by atoms with van der Waals surface area (Å²) in [6, 6.07) is 18.1. The molecule has 2 saturated heterocycles. The number of allylic oxidation sites excluding steroid dienone is 1. The molecular weight excluding hydrogens is 898 g/mol. The van der Waals surface area contributed by atoms with Crippen LogP contribution in [0, 0.1) is 17.7 Å². The van der Waals surface area contributed by atoms with Gasteiger partial charge in [-0.2, -0.15) is 0 Å². The molecule has 4 amide bonds. The van der Waals surface area contributed by atoms with Gasteiger partial charge in [0.25, 0.3) is 0 Å². The highest BCUT2D eigenvalue weighted by Crippen LogP contribution is 2.49. The van der Waals surface area contributed by atoms with Crippen molar-refractivity contribution in [2.75, 3.05) is 33.9 Å². The number of amides is 4. The van der Waals surface area contributed by atoms with Gasteiger partial charge in [-0.15, -0.1) is 11.3 Å². The van der Waals surface area contributed by atoms with Crippen LogP contribution in [0.25, 0.3) is 44.1 Å². The van der Waals surface area contributed by atoms with E-state index >= 15 is 4.39 Å². The summed E-state index contributed by atoms with van der Waals surface area (Å²) in [6.07, 6.45) is 5.69. The molecule has 2 aromatic heterocycles. The summed E-state index contributed by atoms with van der Waals surface area (Å²) in [6.45, 7) is 9.03. The van der Waals surface area contributed by atoms with E-state index in [1.807, 2.05) is 69.1 Å². The van der Waals surface area contributed by atoms with E-state index < -0.39 is 36.3 Å². The quantitative estimate of drug-likeness (QED) is 0.134. The van der Waals surface area contributed by atoms with E-state index in [-0.39, 0.29) is 35.7 Å². The molecule has 16 heteroatoms. The van der Waals surface area contributed by atoms with Crippen LogP contribution < -0.4 is 15.4 Å². The van der Waals surface area contributed by atoms with Crippen LogP contribution in [-0.4, -0.2) is 108 Å². The zero-order valence-electron chi connectivity index (χ0n) is 39.6. The van der Waals surface area contributed by atoms with E-state index in [0.717, 1.165) is 80.4 Å². The number of hydrogen-bond acceptors (Lipinski definition) is 10. The summed E-state index contributed by atoms with van der Waals surface area (Å²) in [5.74, 6) is -0.604. The van der Waals surface area contributed by atoms with Gasteiger partial charge in [0, 0.05) is 42.2 Å². The number of carbonyl (C=O) groups excluding carboxylic acids is 4. The summed E-state index contributed by atoms with van der Waals surface area (Å²) in [5, 5.41) is 10.6. The highest BCUT2D eigenvalue weighted by Gasteiger charge is 2.41. The molecule has 5 aliphatic heterocycles. The predicted molar refractivity (Wildman–Crippen MR) is 266 cm³/mol. The number of thiophene rings is 1. The average molecular weight is 954 g/mol. The van der Waals surface area contributed by atoms with Crippen LogP contribution in [0.1, 0.15) is 82.0 Å². The minimum Gasteiger partial charge on any atom is -0.464 e. The molecule has 3 aromatic carbocycles. The number of alkyl carbamates (subject to hydrolysis) is 2. The van der Waals surface area contributed by atoms with Gasteiger partial charge >= 0.3 is 12.2 Å². The fraction of sp³-hybridized carbons (Fsp3) is 0.396. The van der Waals surface area contributed by atoms with E-state index in [9.17, 15) is 19.2 Å². The van der Waals surface area contributed by atoms with Gasteiger partial charge in [-0.25, -0.2) is 14.0 Å². The standard InChI is InChI=1S/C53H56FN7O7S/c1-28(2)46(57-52(64)66-5)49(62)59-17-9-13-41(59)38-21-34(25-55-38)30-15-16-40-33(19-30)23-43-45-37(54)20-32(24-44(45)68-51(61(40)43)48-36-12-8-7-11-31(36)27-69-48)35-22-39(56-26-35)42-14-10-18-60(42)50(63)47(29(3)4)58-53(65)67-6/h7-8,11-12,15-16,19-20,22-25,27-29,41-42,46-47,51H,9-10,13-14,17-18,21,26H2,1-6H3,(H,57,64)(H,58,65)/t41-,42-,46-,47-,51?/m0/s1. The van der Waals surface area contributed by atoms with Crippen LogP contribution in [0.5, 0.6) is 5.75 Å². The number of aromatic nitrogens is 1. The Morgan fingerprint density at radius 3 is 2.19 bits per heavy atom. The summed E-state index contributed by atoms with van der Waals surface area (Å²) in [4.78, 5) is 66.5.